The fraction of sp³-hybridized carbons (Fsp3) is 0.286. The van der Waals surface area contributed by atoms with Crippen LogP contribution in [0.1, 0.15) is 16.5 Å². The van der Waals surface area contributed by atoms with Crippen molar-refractivity contribution < 1.29 is 4.74 Å². The van der Waals surface area contributed by atoms with Gasteiger partial charge in [0.25, 0.3) is 0 Å². The van der Waals surface area contributed by atoms with Crippen molar-refractivity contribution in [3.8, 4) is 5.75 Å². The van der Waals surface area contributed by atoms with Gasteiger partial charge in [-0.05, 0) is 37.2 Å². The van der Waals surface area contributed by atoms with Crippen molar-refractivity contribution in [2.24, 2.45) is 0 Å². The minimum Gasteiger partial charge on any atom is -0.496 e. The zero-order valence-electron chi connectivity index (χ0n) is 10.7. The molecule has 0 fully saturated rings. The van der Waals surface area contributed by atoms with E-state index < -0.39 is 0 Å². The first-order valence-corrected chi connectivity index (χ1v) is 7.51. The lowest BCUT2D eigenvalue weighted by Crippen LogP contribution is -2.17. The predicted molar refractivity (Wildman–Crippen MR) is 82.8 cm³/mol. The van der Waals surface area contributed by atoms with Crippen LogP contribution in [-0.4, -0.2) is 14.2 Å². The fourth-order valence-electron chi connectivity index (χ4n) is 1.88. The van der Waals surface area contributed by atoms with Gasteiger partial charge >= 0.3 is 0 Å². The highest BCUT2D eigenvalue weighted by atomic mass is 35.5. The van der Waals surface area contributed by atoms with Crippen molar-refractivity contribution >= 4 is 34.5 Å². The average molecular weight is 316 g/mol. The third kappa shape index (κ3) is 3.63. The van der Waals surface area contributed by atoms with Crippen LogP contribution in [0.4, 0.5) is 0 Å². The number of likely N-dealkylation sites (N-methyl/N-ethyl adjacent to an activating group) is 1. The molecule has 0 spiro atoms. The number of rotatable bonds is 5. The third-order valence-electron chi connectivity index (χ3n) is 2.96. The highest BCUT2D eigenvalue weighted by Gasteiger charge is 2.14. The maximum Gasteiger partial charge on any atom is 0.129 e. The van der Waals surface area contributed by atoms with E-state index in [1.54, 1.807) is 24.5 Å². The summed E-state index contributed by atoms with van der Waals surface area (Å²) < 4.78 is 5.22. The molecule has 0 amide bonds. The summed E-state index contributed by atoms with van der Waals surface area (Å²) in [6.07, 6.45) is 0.816. The number of hydrogen-bond acceptors (Lipinski definition) is 3. The third-order valence-corrected chi connectivity index (χ3v) is 4.57. The lowest BCUT2D eigenvalue weighted by atomic mass is 10.0. The van der Waals surface area contributed by atoms with Crippen molar-refractivity contribution in [2.75, 3.05) is 14.2 Å². The largest absolute Gasteiger partial charge is 0.496 e. The summed E-state index contributed by atoms with van der Waals surface area (Å²) >= 11 is 13.8. The molecule has 0 bridgehead atoms. The maximum absolute atomic E-state index is 6.22. The molecular weight excluding hydrogens is 301 g/mol. The molecule has 0 saturated heterocycles. The van der Waals surface area contributed by atoms with Crippen molar-refractivity contribution in [3.05, 3.63) is 50.1 Å². The maximum atomic E-state index is 6.22. The van der Waals surface area contributed by atoms with Crippen molar-refractivity contribution in [1.29, 1.82) is 0 Å². The molecule has 1 aromatic carbocycles. The Labute approximate surface area is 127 Å². The first-order chi connectivity index (χ1) is 9.13. The van der Waals surface area contributed by atoms with Crippen LogP contribution in [0.5, 0.6) is 5.75 Å². The first kappa shape index (κ1) is 14.7. The number of thiophene rings is 1. The minimum atomic E-state index is 0.215. The van der Waals surface area contributed by atoms with Crippen molar-refractivity contribution in [2.45, 2.75) is 12.5 Å². The van der Waals surface area contributed by atoms with E-state index in [1.807, 2.05) is 24.6 Å². The molecule has 0 saturated carbocycles. The van der Waals surface area contributed by atoms with Gasteiger partial charge in [-0.15, -0.1) is 11.3 Å². The van der Waals surface area contributed by atoms with E-state index in [4.69, 9.17) is 27.9 Å². The average Bonchev–Trinajstić information content (AvgIpc) is 2.86. The van der Waals surface area contributed by atoms with E-state index in [0.717, 1.165) is 17.7 Å². The monoisotopic (exact) mass is 315 g/mol. The number of benzene rings is 1. The Morgan fingerprint density at radius 1 is 1.32 bits per heavy atom. The van der Waals surface area contributed by atoms with Crippen molar-refractivity contribution in [3.63, 3.8) is 0 Å². The SMILES string of the molecule is CNC(Cc1ccc(Cl)cc1Cl)c1cc(OC)cs1. The second kappa shape index (κ2) is 6.62. The minimum absolute atomic E-state index is 0.215. The molecule has 0 aliphatic rings. The Bertz CT molecular complexity index is 556. The van der Waals surface area contributed by atoms with Gasteiger partial charge in [0.1, 0.15) is 5.75 Å². The molecular formula is C14H15Cl2NOS. The van der Waals surface area contributed by atoms with Crippen LogP contribution in [-0.2, 0) is 6.42 Å². The topological polar surface area (TPSA) is 21.3 Å². The molecule has 0 aliphatic heterocycles. The van der Waals surface area contributed by atoms with Crippen LogP contribution in [0.15, 0.2) is 29.6 Å². The summed E-state index contributed by atoms with van der Waals surface area (Å²) in [5.74, 6) is 0.891. The molecule has 5 heteroatoms. The standard InChI is InChI=1S/C14H15Cl2NOS/c1-17-13(14-7-11(18-2)8-19-14)5-9-3-4-10(15)6-12(9)16/h3-4,6-8,13,17H,5H2,1-2H3. The molecule has 2 rings (SSSR count). The quantitative estimate of drug-likeness (QED) is 0.872. The Kier molecular flexibility index (Phi) is 5.11. The van der Waals surface area contributed by atoms with Gasteiger partial charge in [0.15, 0.2) is 0 Å². The van der Waals surface area contributed by atoms with Crippen LogP contribution in [0.3, 0.4) is 0 Å². The highest BCUT2D eigenvalue weighted by molar-refractivity contribution is 7.10. The summed E-state index contributed by atoms with van der Waals surface area (Å²) in [7, 11) is 3.62. The molecule has 1 unspecified atom stereocenters. The van der Waals surface area contributed by atoms with Gasteiger partial charge in [-0.25, -0.2) is 0 Å². The Hall–Kier alpha value is -0.740. The Morgan fingerprint density at radius 2 is 2.11 bits per heavy atom. The molecule has 2 nitrogen and oxygen atoms in total. The van der Waals surface area contributed by atoms with Crippen LogP contribution in [0, 0.1) is 0 Å². The fourth-order valence-corrected chi connectivity index (χ4v) is 3.33. The van der Waals surface area contributed by atoms with Gasteiger partial charge in [0, 0.05) is 26.3 Å². The Balaban J connectivity index is 2.18. The molecule has 1 aromatic heterocycles. The summed E-state index contributed by atoms with van der Waals surface area (Å²) in [5, 5.41) is 6.68. The van der Waals surface area contributed by atoms with Gasteiger partial charge in [0.05, 0.1) is 7.11 Å². The number of methoxy groups -OCH3 is 1. The van der Waals surface area contributed by atoms with Gasteiger partial charge in [-0.1, -0.05) is 29.3 Å². The molecule has 102 valence electrons. The normalized spacial score (nSPS) is 12.4. The highest BCUT2D eigenvalue weighted by Crippen LogP contribution is 2.31. The Morgan fingerprint density at radius 3 is 2.68 bits per heavy atom. The zero-order chi connectivity index (χ0) is 13.8. The van der Waals surface area contributed by atoms with Crippen molar-refractivity contribution in [1.82, 2.24) is 5.32 Å². The molecule has 0 aliphatic carbocycles. The van der Waals surface area contributed by atoms with Crippen LogP contribution < -0.4 is 10.1 Å². The number of ether oxygens (including phenoxy) is 1. The second-order valence-electron chi connectivity index (χ2n) is 4.17. The predicted octanol–water partition coefficient (Wildman–Crippen LogP) is 4.57. The number of halogens is 2. The number of nitrogens with one attached hydrogen (secondary N) is 1. The zero-order valence-corrected chi connectivity index (χ0v) is 13.1. The van der Waals surface area contributed by atoms with Gasteiger partial charge in [-0.2, -0.15) is 0 Å². The van der Waals surface area contributed by atoms with Gasteiger partial charge < -0.3 is 10.1 Å². The van der Waals surface area contributed by atoms with E-state index in [1.165, 1.54) is 4.88 Å². The molecule has 19 heavy (non-hydrogen) atoms. The molecule has 1 atom stereocenters. The molecule has 1 heterocycles. The summed E-state index contributed by atoms with van der Waals surface area (Å²) in [6, 6.07) is 7.88. The molecule has 2 aromatic rings. The van der Waals surface area contributed by atoms with E-state index in [0.29, 0.717) is 10.0 Å². The van der Waals surface area contributed by atoms with Crippen LogP contribution in [0.2, 0.25) is 10.0 Å². The van der Waals surface area contributed by atoms with Crippen LogP contribution in [0.25, 0.3) is 0 Å². The van der Waals surface area contributed by atoms with E-state index >= 15 is 0 Å². The van der Waals surface area contributed by atoms with E-state index in [9.17, 15) is 0 Å². The summed E-state index contributed by atoms with van der Waals surface area (Å²) in [5.41, 5.74) is 1.08. The summed E-state index contributed by atoms with van der Waals surface area (Å²) in [6.45, 7) is 0. The van der Waals surface area contributed by atoms with E-state index in [2.05, 4.69) is 11.4 Å². The lowest BCUT2D eigenvalue weighted by molar-refractivity contribution is 0.416. The summed E-state index contributed by atoms with van der Waals surface area (Å²) in [4.78, 5) is 1.23. The first-order valence-electron chi connectivity index (χ1n) is 5.87. The lowest BCUT2D eigenvalue weighted by Gasteiger charge is -2.15. The van der Waals surface area contributed by atoms with Crippen LogP contribution >= 0.6 is 34.5 Å². The van der Waals surface area contributed by atoms with Gasteiger partial charge in [0.2, 0.25) is 0 Å². The van der Waals surface area contributed by atoms with E-state index in [-0.39, 0.29) is 6.04 Å². The molecule has 1 N–H and O–H groups in total. The smallest absolute Gasteiger partial charge is 0.129 e. The number of hydrogen-bond donors (Lipinski definition) is 1. The van der Waals surface area contributed by atoms with Gasteiger partial charge in [-0.3, -0.25) is 0 Å². The second-order valence-corrected chi connectivity index (χ2v) is 5.96. The molecule has 0 radical (unpaired) electrons.